The van der Waals surface area contributed by atoms with E-state index < -0.39 is 5.97 Å². The molecule has 1 unspecified atom stereocenters. The van der Waals surface area contributed by atoms with Gasteiger partial charge in [-0.25, -0.2) is 0 Å². The Morgan fingerprint density at radius 1 is 1.22 bits per heavy atom. The van der Waals surface area contributed by atoms with Gasteiger partial charge in [0, 0.05) is 7.05 Å². The van der Waals surface area contributed by atoms with E-state index in [9.17, 15) is 9.59 Å². The Hall–Kier alpha value is -1.10. The summed E-state index contributed by atoms with van der Waals surface area (Å²) in [4.78, 5) is 26.5. The summed E-state index contributed by atoms with van der Waals surface area (Å²) in [6.45, 7) is 5.69. The zero-order chi connectivity index (χ0) is 13.7. The molecule has 18 heavy (non-hydrogen) atoms. The van der Waals surface area contributed by atoms with Crippen LogP contribution in [0.2, 0.25) is 0 Å². The molecule has 0 aromatic carbocycles. The lowest BCUT2D eigenvalue weighted by Gasteiger charge is -2.37. The molecule has 0 saturated carbocycles. The van der Waals surface area contributed by atoms with E-state index in [0.29, 0.717) is 0 Å². The number of hydrogen-bond acceptors (Lipinski definition) is 3. The highest BCUT2D eigenvalue weighted by Crippen LogP contribution is 2.19. The topological polar surface area (TPSA) is 60.9 Å². The van der Waals surface area contributed by atoms with Gasteiger partial charge >= 0.3 is 5.97 Å². The minimum absolute atomic E-state index is 0.0747. The molecule has 0 aliphatic carbocycles. The molecule has 1 amide bonds. The van der Waals surface area contributed by atoms with Crippen molar-refractivity contribution < 1.29 is 14.7 Å². The molecule has 1 rings (SSSR count). The number of carbonyl (C=O) groups is 2. The second-order valence-electron chi connectivity index (χ2n) is 5.37. The molecule has 1 saturated heterocycles. The molecular weight excluding hydrogens is 232 g/mol. The number of carboxylic acids is 1. The third-order valence-electron chi connectivity index (χ3n) is 3.42. The van der Waals surface area contributed by atoms with Crippen LogP contribution in [0.25, 0.3) is 0 Å². The van der Waals surface area contributed by atoms with Crippen LogP contribution in [0.4, 0.5) is 0 Å². The maximum absolute atomic E-state index is 12.3. The number of carboxylic acid groups (broad SMARTS) is 1. The molecule has 1 aliphatic heterocycles. The normalized spacial score (nSPS) is 18.7. The maximum Gasteiger partial charge on any atom is 0.323 e. The quantitative estimate of drug-likeness (QED) is 0.798. The summed E-state index contributed by atoms with van der Waals surface area (Å²) in [7, 11) is 1.57. The van der Waals surface area contributed by atoms with Crippen LogP contribution in [0.3, 0.4) is 0 Å². The molecular formula is C13H24N2O3. The summed E-state index contributed by atoms with van der Waals surface area (Å²) in [6.07, 6.45) is 3.47. The molecule has 104 valence electrons. The molecule has 1 heterocycles. The minimum Gasteiger partial charge on any atom is -0.480 e. The Kier molecular flexibility index (Phi) is 5.59. The van der Waals surface area contributed by atoms with Gasteiger partial charge in [-0.2, -0.15) is 0 Å². The lowest BCUT2D eigenvalue weighted by atomic mass is 9.98. The van der Waals surface area contributed by atoms with Gasteiger partial charge in [-0.05, 0) is 31.8 Å². The van der Waals surface area contributed by atoms with Crippen LogP contribution in [0.1, 0.15) is 33.1 Å². The van der Waals surface area contributed by atoms with Gasteiger partial charge < -0.3 is 10.0 Å². The third-order valence-corrected chi connectivity index (χ3v) is 3.42. The van der Waals surface area contributed by atoms with Crippen molar-refractivity contribution in [3.63, 3.8) is 0 Å². The smallest absolute Gasteiger partial charge is 0.323 e. The first-order chi connectivity index (χ1) is 8.43. The van der Waals surface area contributed by atoms with Gasteiger partial charge in [-0.15, -0.1) is 0 Å². The zero-order valence-corrected chi connectivity index (χ0v) is 11.6. The number of likely N-dealkylation sites (N-methyl/N-ethyl adjacent to an activating group) is 1. The predicted molar refractivity (Wildman–Crippen MR) is 69.3 cm³/mol. The van der Waals surface area contributed by atoms with Crippen molar-refractivity contribution in [1.29, 1.82) is 0 Å². The maximum atomic E-state index is 12.3. The molecule has 1 atom stereocenters. The third kappa shape index (κ3) is 3.98. The Bertz CT molecular complexity index is 299. The van der Waals surface area contributed by atoms with Crippen molar-refractivity contribution in [2.75, 3.05) is 26.7 Å². The highest BCUT2D eigenvalue weighted by molar-refractivity contribution is 5.85. The Balaban J connectivity index is 2.70. The van der Waals surface area contributed by atoms with E-state index in [1.165, 1.54) is 11.3 Å². The van der Waals surface area contributed by atoms with Crippen LogP contribution in [0.5, 0.6) is 0 Å². The first-order valence-corrected chi connectivity index (χ1v) is 6.64. The van der Waals surface area contributed by atoms with Crippen molar-refractivity contribution in [3.05, 3.63) is 0 Å². The molecule has 1 aliphatic rings. The average molecular weight is 256 g/mol. The summed E-state index contributed by atoms with van der Waals surface area (Å²) >= 11 is 0. The fourth-order valence-corrected chi connectivity index (χ4v) is 2.57. The van der Waals surface area contributed by atoms with Gasteiger partial charge in [0.1, 0.15) is 6.54 Å². The van der Waals surface area contributed by atoms with E-state index in [1.54, 1.807) is 7.05 Å². The fourth-order valence-electron chi connectivity index (χ4n) is 2.57. The Morgan fingerprint density at radius 3 is 2.22 bits per heavy atom. The van der Waals surface area contributed by atoms with E-state index in [2.05, 4.69) is 4.90 Å². The molecule has 1 N–H and O–H groups in total. The zero-order valence-electron chi connectivity index (χ0n) is 11.6. The second kappa shape index (κ2) is 6.73. The Morgan fingerprint density at radius 2 is 1.78 bits per heavy atom. The van der Waals surface area contributed by atoms with Crippen LogP contribution in [0, 0.1) is 5.92 Å². The van der Waals surface area contributed by atoms with Gasteiger partial charge in [-0.3, -0.25) is 14.5 Å². The predicted octanol–water partition coefficient (Wildman–Crippen LogP) is 1.04. The van der Waals surface area contributed by atoms with E-state index in [1.807, 2.05) is 13.8 Å². The number of aliphatic carboxylic acids is 1. The van der Waals surface area contributed by atoms with Crippen molar-refractivity contribution in [1.82, 2.24) is 9.80 Å². The lowest BCUT2D eigenvalue weighted by Crippen LogP contribution is -2.52. The number of hydrogen-bond donors (Lipinski definition) is 1. The van der Waals surface area contributed by atoms with Crippen molar-refractivity contribution in [2.45, 2.75) is 39.2 Å². The van der Waals surface area contributed by atoms with Gasteiger partial charge in [0.25, 0.3) is 0 Å². The Labute approximate surface area is 109 Å². The summed E-state index contributed by atoms with van der Waals surface area (Å²) < 4.78 is 0. The van der Waals surface area contributed by atoms with Crippen molar-refractivity contribution >= 4 is 11.9 Å². The molecule has 5 heteroatoms. The highest BCUT2D eigenvalue weighted by Gasteiger charge is 2.32. The molecule has 5 nitrogen and oxygen atoms in total. The average Bonchev–Trinajstić information content (AvgIpc) is 2.29. The van der Waals surface area contributed by atoms with E-state index in [-0.39, 0.29) is 24.4 Å². The van der Waals surface area contributed by atoms with E-state index >= 15 is 0 Å². The van der Waals surface area contributed by atoms with Crippen LogP contribution < -0.4 is 0 Å². The summed E-state index contributed by atoms with van der Waals surface area (Å²) in [6, 6.07) is -0.186. The van der Waals surface area contributed by atoms with Gasteiger partial charge in [0.2, 0.25) is 5.91 Å². The number of likely N-dealkylation sites (tertiary alicyclic amines) is 1. The minimum atomic E-state index is -0.966. The van der Waals surface area contributed by atoms with Gasteiger partial charge in [0.15, 0.2) is 0 Å². The molecule has 1 fully saturated rings. The van der Waals surface area contributed by atoms with Gasteiger partial charge in [0.05, 0.1) is 6.04 Å². The highest BCUT2D eigenvalue weighted by atomic mass is 16.4. The molecule has 0 spiro atoms. The van der Waals surface area contributed by atoms with Crippen molar-refractivity contribution in [3.8, 4) is 0 Å². The SMILES string of the molecule is CC(C)C(C(=O)N(C)CC(=O)O)N1CCCCC1. The number of amides is 1. The van der Waals surface area contributed by atoms with Crippen LogP contribution in [0.15, 0.2) is 0 Å². The number of nitrogens with zero attached hydrogens (tertiary/aromatic N) is 2. The van der Waals surface area contributed by atoms with Crippen LogP contribution in [-0.4, -0.2) is 59.5 Å². The first-order valence-electron chi connectivity index (χ1n) is 6.64. The first kappa shape index (κ1) is 15.0. The fraction of sp³-hybridized carbons (Fsp3) is 0.846. The molecule has 0 radical (unpaired) electrons. The second-order valence-corrected chi connectivity index (χ2v) is 5.37. The molecule has 0 aromatic heterocycles. The standard InChI is InChI=1S/C13H24N2O3/c1-10(2)12(15-7-5-4-6-8-15)13(18)14(3)9-11(16)17/h10,12H,4-9H2,1-3H3,(H,16,17). The summed E-state index contributed by atoms with van der Waals surface area (Å²) in [5.74, 6) is -0.840. The largest absolute Gasteiger partial charge is 0.480 e. The monoisotopic (exact) mass is 256 g/mol. The summed E-state index contributed by atoms with van der Waals surface area (Å²) in [5, 5.41) is 8.76. The van der Waals surface area contributed by atoms with Crippen LogP contribution >= 0.6 is 0 Å². The number of piperidine rings is 1. The van der Waals surface area contributed by atoms with E-state index in [4.69, 9.17) is 5.11 Å². The van der Waals surface area contributed by atoms with Gasteiger partial charge in [-0.1, -0.05) is 20.3 Å². The van der Waals surface area contributed by atoms with Crippen molar-refractivity contribution in [2.24, 2.45) is 5.92 Å². The molecule has 0 bridgehead atoms. The summed E-state index contributed by atoms with van der Waals surface area (Å²) in [5.41, 5.74) is 0. The van der Waals surface area contributed by atoms with E-state index in [0.717, 1.165) is 25.9 Å². The number of carbonyl (C=O) groups excluding carboxylic acids is 1. The number of rotatable bonds is 5. The lowest BCUT2D eigenvalue weighted by molar-refractivity contribution is -0.146. The molecule has 0 aromatic rings. The van der Waals surface area contributed by atoms with Crippen LogP contribution in [-0.2, 0) is 9.59 Å².